The number of nitrogens with zero attached hydrogens (tertiary/aromatic N) is 2. The molecule has 3 heterocycles. The molecule has 0 amide bonds. The maximum atomic E-state index is 5.39. The van der Waals surface area contributed by atoms with Gasteiger partial charge in [-0.3, -0.25) is 0 Å². The van der Waals surface area contributed by atoms with Crippen LogP contribution in [0.5, 0.6) is 0 Å². The van der Waals surface area contributed by atoms with Crippen LogP contribution in [-0.4, -0.2) is 21.7 Å². The van der Waals surface area contributed by atoms with Crippen molar-refractivity contribution in [2.45, 2.75) is 31.7 Å². The molecule has 0 radical (unpaired) electrons. The summed E-state index contributed by atoms with van der Waals surface area (Å²) in [7, 11) is 0. The summed E-state index contributed by atoms with van der Waals surface area (Å²) >= 11 is 0. The largest absolute Gasteiger partial charge is 0.359 e. The Bertz CT molecular complexity index is 482. The molecule has 5 nitrogen and oxygen atoms in total. The lowest BCUT2D eigenvalue weighted by Crippen LogP contribution is -2.43. The first kappa shape index (κ1) is 10.5. The van der Waals surface area contributed by atoms with Crippen molar-refractivity contribution in [2.24, 2.45) is 0 Å². The van der Waals surface area contributed by atoms with E-state index in [4.69, 9.17) is 4.52 Å². The minimum Gasteiger partial charge on any atom is -0.359 e. The Morgan fingerprint density at radius 3 is 3.06 bits per heavy atom. The van der Waals surface area contributed by atoms with Crippen LogP contribution in [-0.2, 0) is 5.54 Å². The van der Waals surface area contributed by atoms with Gasteiger partial charge in [-0.15, -0.1) is 0 Å². The van der Waals surface area contributed by atoms with Crippen LogP contribution in [0.2, 0.25) is 0 Å². The van der Waals surface area contributed by atoms with E-state index in [-0.39, 0.29) is 5.54 Å². The highest BCUT2D eigenvalue weighted by molar-refractivity contribution is 5.48. The lowest BCUT2D eigenvalue weighted by atomic mass is 9.91. The summed E-state index contributed by atoms with van der Waals surface area (Å²) in [6.07, 6.45) is 5.31. The predicted molar refractivity (Wildman–Crippen MR) is 63.3 cm³/mol. The summed E-state index contributed by atoms with van der Waals surface area (Å²) in [6, 6.07) is 3.86. The number of rotatable bonds is 2. The van der Waals surface area contributed by atoms with E-state index in [1.807, 2.05) is 18.3 Å². The molecule has 1 aliphatic heterocycles. The molecule has 1 saturated heterocycles. The van der Waals surface area contributed by atoms with E-state index in [1.165, 1.54) is 12.8 Å². The van der Waals surface area contributed by atoms with E-state index in [2.05, 4.69) is 27.4 Å². The third-order valence-corrected chi connectivity index (χ3v) is 3.36. The first-order chi connectivity index (χ1) is 8.28. The summed E-state index contributed by atoms with van der Waals surface area (Å²) < 4.78 is 5.39. The van der Waals surface area contributed by atoms with E-state index in [1.54, 1.807) is 0 Å². The molecule has 0 saturated carbocycles. The fourth-order valence-electron chi connectivity index (χ4n) is 2.27. The van der Waals surface area contributed by atoms with Crippen molar-refractivity contribution >= 4 is 0 Å². The van der Waals surface area contributed by atoms with Crippen LogP contribution < -0.4 is 5.32 Å². The first-order valence-electron chi connectivity index (χ1n) is 6.01. The number of hydrogen-bond acceptors (Lipinski definition) is 4. The highest BCUT2D eigenvalue weighted by Crippen LogP contribution is 2.29. The van der Waals surface area contributed by atoms with Gasteiger partial charge in [-0.25, -0.2) is 0 Å². The van der Waals surface area contributed by atoms with Crippen LogP contribution in [0.4, 0.5) is 0 Å². The first-order valence-corrected chi connectivity index (χ1v) is 6.01. The summed E-state index contributed by atoms with van der Waals surface area (Å²) in [5.74, 6) is 1.31. The van der Waals surface area contributed by atoms with Gasteiger partial charge < -0.3 is 14.8 Å². The van der Waals surface area contributed by atoms with Gasteiger partial charge in [-0.1, -0.05) is 5.16 Å². The van der Waals surface area contributed by atoms with Crippen molar-refractivity contribution in [2.75, 3.05) is 6.54 Å². The number of aromatic nitrogens is 3. The molecule has 2 N–H and O–H groups in total. The van der Waals surface area contributed by atoms with E-state index in [0.29, 0.717) is 11.7 Å². The van der Waals surface area contributed by atoms with Crippen molar-refractivity contribution < 1.29 is 4.52 Å². The van der Waals surface area contributed by atoms with E-state index < -0.39 is 0 Å². The van der Waals surface area contributed by atoms with Gasteiger partial charge in [0, 0.05) is 6.20 Å². The zero-order chi connectivity index (χ0) is 11.7. The number of H-pyrrole nitrogens is 1. The van der Waals surface area contributed by atoms with Gasteiger partial charge in [0.15, 0.2) is 0 Å². The average molecular weight is 232 g/mol. The predicted octanol–water partition coefficient (Wildman–Crippen LogP) is 2.05. The Labute approximate surface area is 99.6 Å². The maximum absolute atomic E-state index is 5.39. The van der Waals surface area contributed by atoms with Crippen molar-refractivity contribution in [1.29, 1.82) is 0 Å². The van der Waals surface area contributed by atoms with Crippen LogP contribution in [0.3, 0.4) is 0 Å². The van der Waals surface area contributed by atoms with Gasteiger partial charge in [0.25, 0.3) is 0 Å². The Hall–Kier alpha value is -1.62. The van der Waals surface area contributed by atoms with Gasteiger partial charge in [-0.05, 0) is 44.9 Å². The van der Waals surface area contributed by atoms with Crippen molar-refractivity contribution in [3.05, 3.63) is 24.2 Å². The molecule has 1 aliphatic rings. The SMILES string of the molecule is CC1(c2nc(-c3ccc[nH]3)no2)CCCCN1. The fourth-order valence-corrected chi connectivity index (χ4v) is 2.27. The summed E-state index contributed by atoms with van der Waals surface area (Å²) in [5, 5.41) is 7.49. The monoisotopic (exact) mass is 232 g/mol. The van der Waals surface area contributed by atoms with Gasteiger partial charge in [-0.2, -0.15) is 4.98 Å². The summed E-state index contributed by atoms with van der Waals surface area (Å²) in [4.78, 5) is 7.55. The second-order valence-electron chi connectivity index (χ2n) is 4.72. The van der Waals surface area contributed by atoms with Crippen molar-refractivity contribution in [3.8, 4) is 11.5 Å². The van der Waals surface area contributed by atoms with Gasteiger partial charge in [0.05, 0.1) is 11.2 Å². The highest BCUT2D eigenvalue weighted by atomic mass is 16.5. The highest BCUT2D eigenvalue weighted by Gasteiger charge is 2.34. The lowest BCUT2D eigenvalue weighted by molar-refractivity contribution is 0.207. The topological polar surface area (TPSA) is 66.7 Å². The zero-order valence-corrected chi connectivity index (χ0v) is 9.86. The third-order valence-electron chi connectivity index (χ3n) is 3.36. The number of piperidine rings is 1. The van der Waals surface area contributed by atoms with Crippen LogP contribution in [0.15, 0.2) is 22.9 Å². The molecular weight excluding hydrogens is 216 g/mol. The molecule has 1 atom stereocenters. The minimum absolute atomic E-state index is 0.171. The Morgan fingerprint density at radius 1 is 1.41 bits per heavy atom. The molecule has 1 fully saturated rings. The summed E-state index contributed by atoms with van der Waals surface area (Å²) in [6.45, 7) is 3.13. The molecule has 0 spiro atoms. The number of hydrogen-bond donors (Lipinski definition) is 2. The van der Waals surface area contributed by atoms with E-state index >= 15 is 0 Å². The van der Waals surface area contributed by atoms with Gasteiger partial charge in [0.1, 0.15) is 0 Å². The molecule has 2 aromatic rings. The molecule has 0 bridgehead atoms. The second kappa shape index (κ2) is 4.00. The number of aromatic amines is 1. The van der Waals surface area contributed by atoms with Crippen LogP contribution in [0, 0.1) is 0 Å². The average Bonchev–Trinajstić information content (AvgIpc) is 3.01. The second-order valence-corrected chi connectivity index (χ2v) is 4.72. The van der Waals surface area contributed by atoms with Gasteiger partial charge >= 0.3 is 0 Å². The fraction of sp³-hybridized carbons (Fsp3) is 0.500. The Balaban J connectivity index is 1.89. The molecule has 0 aromatic carbocycles. The van der Waals surface area contributed by atoms with Crippen LogP contribution in [0.1, 0.15) is 32.1 Å². The van der Waals surface area contributed by atoms with E-state index in [0.717, 1.165) is 18.7 Å². The quantitative estimate of drug-likeness (QED) is 0.831. The molecule has 5 heteroatoms. The third kappa shape index (κ3) is 1.86. The molecule has 90 valence electrons. The van der Waals surface area contributed by atoms with Crippen LogP contribution >= 0.6 is 0 Å². The Kier molecular flexibility index (Phi) is 2.48. The normalized spacial score (nSPS) is 25.0. The molecule has 0 aliphatic carbocycles. The van der Waals surface area contributed by atoms with Gasteiger partial charge in [0.2, 0.25) is 11.7 Å². The standard InChI is InChI=1S/C12H16N4O/c1-12(6-2-3-8-14-12)11-15-10(16-17-11)9-5-4-7-13-9/h4-5,7,13-14H,2-3,6,8H2,1H3. The van der Waals surface area contributed by atoms with Crippen molar-refractivity contribution in [3.63, 3.8) is 0 Å². The van der Waals surface area contributed by atoms with Crippen LogP contribution in [0.25, 0.3) is 11.5 Å². The van der Waals surface area contributed by atoms with E-state index in [9.17, 15) is 0 Å². The lowest BCUT2D eigenvalue weighted by Gasteiger charge is -2.31. The molecule has 1 unspecified atom stereocenters. The molecular formula is C12H16N4O. The number of nitrogens with one attached hydrogen (secondary N) is 2. The minimum atomic E-state index is -0.171. The smallest absolute Gasteiger partial charge is 0.247 e. The maximum Gasteiger partial charge on any atom is 0.247 e. The van der Waals surface area contributed by atoms with Crippen molar-refractivity contribution in [1.82, 2.24) is 20.4 Å². The Morgan fingerprint density at radius 2 is 2.35 bits per heavy atom. The molecule has 3 rings (SSSR count). The summed E-state index contributed by atoms with van der Waals surface area (Å²) in [5.41, 5.74) is 0.718. The zero-order valence-electron chi connectivity index (χ0n) is 9.86. The molecule has 17 heavy (non-hydrogen) atoms. The molecule has 2 aromatic heterocycles.